The molecule has 0 saturated heterocycles. The van der Waals surface area contributed by atoms with E-state index in [4.69, 9.17) is 0 Å². The van der Waals surface area contributed by atoms with Gasteiger partial charge in [0.15, 0.2) is 0 Å². The molecule has 0 unspecified atom stereocenters. The van der Waals surface area contributed by atoms with E-state index in [9.17, 15) is 14.0 Å². The fourth-order valence-corrected chi connectivity index (χ4v) is 2.99. The summed E-state index contributed by atoms with van der Waals surface area (Å²) in [6.45, 7) is 0. The molecule has 28 heavy (non-hydrogen) atoms. The summed E-state index contributed by atoms with van der Waals surface area (Å²) < 4.78 is 14.5. The molecule has 0 fully saturated rings. The fraction of sp³-hybridized carbons (Fsp3) is 0.100. The first-order chi connectivity index (χ1) is 13.5. The molecular weight excluding hydrogens is 361 g/mol. The van der Waals surface area contributed by atoms with Crippen molar-refractivity contribution < 1.29 is 9.18 Å². The molecule has 0 aliphatic carbocycles. The number of carbonyl (C=O) groups is 1. The molecule has 2 N–H and O–H groups in total. The summed E-state index contributed by atoms with van der Waals surface area (Å²) >= 11 is 0. The molecular formula is C20H16FN5O2. The van der Waals surface area contributed by atoms with Crippen LogP contribution in [0.2, 0.25) is 0 Å². The Balaban J connectivity index is 1.57. The minimum atomic E-state index is -0.471. The van der Waals surface area contributed by atoms with Gasteiger partial charge in [0, 0.05) is 24.9 Å². The second-order valence-corrected chi connectivity index (χ2v) is 6.34. The van der Waals surface area contributed by atoms with Crippen LogP contribution in [-0.4, -0.2) is 25.7 Å². The Morgan fingerprint density at radius 3 is 2.71 bits per heavy atom. The standard InChI is InChI=1S/C20H16FN5O2/c1-26-16-5-3-2-4-14(16)15(11-18(26)27)19(28)23-20-22-17(24-25-20)10-12-6-8-13(21)9-7-12/h2-9,11H,10H2,1H3,(H2,22,23,24,25,28). The molecule has 2 aromatic carbocycles. The number of hydrogen-bond donors (Lipinski definition) is 2. The highest BCUT2D eigenvalue weighted by atomic mass is 19.1. The number of halogens is 1. The van der Waals surface area contributed by atoms with Crippen molar-refractivity contribution in [1.29, 1.82) is 0 Å². The minimum Gasteiger partial charge on any atom is -0.311 e. The summed E-state index contributed by atoms with van der Waals surface area (Å²) in [5.41, 5.74) is 1.49. The van der Waals surface area contributed by atoms with Gasteiger partial charge in [-0.25, -0.2) is 4.39 Å². The first-order valence-corrected chi connectivity index (χ1v) is 8.57. The average molecular weight is 377 g/mol. The lowest BCUT2D eigenvalue weighted by Gasteiger charge is -2.09. The number of nitrogens with one attached hydrogen (secondary N) is 2. The predicted octanol–water partition coefficient (Wildman–Crippen LogP) is 2.64. The highest BCUT2D eigenvalue weighted by Gasteiger charge is 2.15. The van der Waals surface area contributed by atoms with E-state index in [-0.39, 0.29) is 22.9 Å². The zero-order valence-corrected chi connectivity index (χ0v) is 14.9. The van der Waals surface area contributed by atoms with E-state index in [1.807, 2.05) is 0 Å². The second kappa shape index (κ2) is 7.07. The third-order valence-corrected chi connectivity index (χ3v) is 4.44. The monoisotopic (exact) mass is 377 g/mol. The number of pyridine rings is 1. The number of anilines is 1. The smallest absolute Gasteiger partial charge is 0.258 e. The fourth-order valence-electron chi connectivity index (χ4n) is 2.99. The van der Waals surface area contributed by atoms with E-state index in [1.165, 1.54) is 22.8 Å². The van der Waals surface area contributed by atoms with Gasteiger partial charge in [0.05, 0.1) is 11.1 Å². The zero-order chi connectivity index (χ0) is 19.7. The third-order valence-electron chi connectivity index (χ3n) is 4.44. The van der Waals surface area contributed by atoms with Crippen molar-refractivity contribution in [2.45, 2.75) is 6.42 Å². The number of fused-ring (bicyclic) bond motifs is 1. The number of aromatic amines is 1. The molecule has 0 atom stereocenters. The van der Waals surface area contributed by atoms with Crippen molar-refractivity contribution in [1.82, 2.24) is 19.7 Å². The van der Waals surface area contributed by atoms with Crippen molar-refractivity contribution in [3.8, 4) is 0 Å². The lowest BCUT2D eigenvalue weighted by atomic mass is 10.1. The van der Waals surface area contributed by atoms with Crippen LogP contribution in [0.4, 0.5) is 10.3 Å². The molecule has 4 rings (SSSR count). The molecule has 8 heteroatoms. The van der Waals surface area contributed by atoms with Gasteiger partial charge in [0.1, 0.15) is 11.6 Å². The largest absolute Gasteiger partial charge is 0.311 e. The maximum Gasteiger partial charge on any atom is 0.258 e. The number of hydrogen-bond acceptors (Lipinski definition) is 4. The van der Waals surface area contributed by atoms with Gasteiger partial charge in [-0.2, -0.15) is 4.98 Å². The van der Waals surface area contributed by atoms with Crippen LogP contribution in [0.1, 0.15) is 21.7 Å². The number of benzene rings is 2. The quantitative estimate of drug-likeness (QED) is 0.572. The highest BCUT2D eigenvalue weighted by Crippen LogP contribution is 2.17. The first-order valence-electron chi connectivity index (χ1n) is 8.57. The maximum absolute atomic E-state index is 13.0. The van der Waals surface area contributed by atoms with Crippen molar-refractivity contribution in [3.63, 3.8) is 0 Å². The number of rotatable bonds is 4. The van der Waals surface area contributed by atoms with Crippen molar-refractivity contribution >= 4 is 22.8 Å². The average Bonchev–Trinajstić information content (AvgIpc) is 3.13. The highest BCUT2D eigenvalue weighted by molar-refractivity contribution is 6.11. The van der Waals surface area contributed by atoms with Gasteiger partial charge in [-0.3, -0.25) is 20.0 Å². The molecule has 0 radical (unpaired) electrons. The van der Waals surface area contributed by atoms with E-state index in [0.29, 0.717) is 23.1 Å². The molecule has 0 bridgehead atoms. The second-order valence-electron chi connectivity index (χ2n) is 6.34. The Bertz CT molecular complexity index is 1230. The van der Waals surface area contributed by atoms with Gasteiger partial charge in [-0.1, -0.05) is 30.3 Å². The molecule has 7 nitrogen and oxygen atoms in total. The Kier molecular flexibility index (Phi) is 4.44. The van der Waals surface area contributed by atoms with Crippen LogP contribution in [0.5, 0.6) is 0 Å². The van der Waals surface area contributed by atoms with Crippen LogP contribution in [0.15, 0.2) is 59.4 Å². The van der Waals surface area contributed by atoms with Gasteiger partial charge in [0.25, 0.3) is 11.5 Å². The van der Waals surface area contributed by atoms with E-state index >= 15 is 0 Å². The van der Waals surface area contributed by atoms with E-state index in [2.05, 4.69) is 20.5 Å². The Morgan fingerprint density at radius 1 is 1.18 bits per heavy atom. The van der Waals surface area contributed by atoms with Crippen LogP contribution in [-0.2, 0) is 13.5 Å². The van der Waals surface area contributed by atoms with Gasteiger partial charge in [-0.05, 0) is 23.8 Å². The summed E-state index contributed by atoms with van der Waals surface area (Å²) in [4.78, 5) is 29.1. The van der Waals surface area contributed by atoms with Crippen LogP contribution >= 0.6 is 0 Å². The molecule has 0 aliphatic rings. The molecule has 4 aromatic rings. The Labute approximate surface area is 158 Å². The number of nitrogens with zero attached hydrogens (tertiary/aromatic N) is 3. The first kappa shape index (κ1) is 17.6. The molecule has 2 heterocycles. The lowest BCUT2D eigenvalue weighted by Crippen LogP contribution is -2.22. The van der Waals surface area contributed by atoms with Gasteiger partial charge in [0.2, 0.25) is 5.95 Å². The van der Waals surface area contributed by atoms with Crippen molar-refractivity contribution in [2.75, 3.05) is 5.32 Å². The van der Waals surface area contributed by atoms with E-state index < -0.39 is 5.91 Å². The number of carbonyl (C=O) groups excluding carboxylic acids is 1. The number of para-hydroxylation sites is 1. The predicted molar refractivity (Wildman–Crippen MR) is 103 cm³/mol. The maximum atomic E-state index is 13.0. The third kappa shape index (κ3) is 3.39. The van der Waals surface area contributed by atoms with Crippen molar-refractivity contribution in [3.05, 3.63) is 87.7 Å². The Hall–Kier alpha value is -3.81. The van der Waals surface area contributed by atoms with Crippen LogP contribution in [0, 0.1) is 5.82 Å². The van der Waals surface area contributed by atoms with Gasteiger partial charge < -0.3 is 4.57 Å². The number of aryl methyl sites for hydroxylation is 1. The number of amides is 1. The Morgan fingerprint density at radius 2 is 1.93 bits per heavy atom. The minimum absolute atomic E-state index is 0.104. The van der Waals surface area contributed by atoms with E-state index in [0.717, 1.165) is 5.56 Å². The van der Waals surface area contributed by atoms with Crippen LogP contribution < -0.4 is 10.9 Å². The van der Waals surface area contributed by atoms with Crippen LogP contribution in [0.25, 0.3) is 10.9 Å². The van der Waals surface area contributed by atoms with Crippen LogP contribution in [0.3, 0.4) is 0 Å². The normalized spacial score (nSPS) is 10.9. The molecule has 140 valence electrons. The van der Waals surface area contributed by atoms with Gasteiger partial charge in [-0.15, -0.1) is 5.10 Å². The summed E-state index contributed by atoms with van der Waals surface area (Å²) in [5.74, 6) is -0.153. The molecule has 0 saturated carbocycles. The van der Waals surface area contributed by atoms with Gasteiger partial charge >= 0.3 is 0 Å². The topological polar surface area (TPSA) is 92.7 Å². The molecule has 0 spiro atoms. The summed E-state index contributed by atoms with van der Waals surface area (Å²) in [6, 6.07) is 14.5. The summed E-state index contributed by atoms with van der Waals surface area (Å²) in [7, 11) is 1.66. The molecule has 0 aliphatic heterocycles. The molecule has 1 amide bonds. The number of aromatic nitrogens is 4. The lowest BCUT2D eigenvalue weighted by molar-refractivity contribution is 0.102. The SMILES string of the molecule is Cn1c(=O)cc(C(=O)Nc2n[nH]c(Cc3ccc(F)cc3)n2)c2ccccc21. The van der Waals surface area contributed by atoms with Crippen molar-refractivity contribution in [2.24, 2.45) is 7.05 Å². The number of H-pyrrole nitrogens is 1. The zero-order valence-electron chi connectivity index (χ0n) is 14.9. The molecule has 2 aromatic heterocycles. The van der Waals surface area contributed by atoms with E-state index in [1.54, 1.807) is 43.4 Å². The summed E-state index contributed by atoms with van der Waals surface area (Å²) in [6.07, 6.45) is 0.415. The summed E-state index contributed by atoms with van der Waals surface area (Å²) in [5, 5.41) is 10.0.